The molecule has 0 saturated carbocycles. The third kappa shape index (κ3) is 5.24. The van der Waals surface area contributed by atoms with Gasteiger partial charge in [0.2, 0.25) is 10.0 Å². The molecular formula is C23H26N4O4S. The number of ether oxygens (including phenoxy) is 1. The van der Waals surface area contributed by atoms with Crippen molar-refractivity contribution >= 4 is 15.9 Å². The molecule has 1 aromatic heterocycles. The van der Waals surface area contributed by atoms with Crippen molar-refractivity contribution in [1.29, 1.82) is 0 Å². The average Bonchev–Trinajstić information content (AvgIpc) is 3.52. The van der Waals surface area contributed by atoms with Crippen LogP contribution >= 0.6 is 0 Å². The maximum atomic E-state index is 12.6. The van der Waals surface area contributed by atoms with Crippen LogP contribution in [0.25, 0.3) is 5.69 Å². The average molecular weight is 455 g/mol. The normalized spacial score (nSPS) is 17.2. The van der Waals surface area contributed by atoms with Crippen molar-refractivity contribution in [2.45, 2.75) is 36.8 Å². The fraction of sp³-hybridized carbons (Fsp3) is 0.304. The number of nitrogens with zero attached hydrogens (tertiary/aromatic N) is 2. The maximum absolute atomic E-state index is 12.6. The summed E-state index contributed by atoms with van der Waals surface area (Å²) in [5, 5.41) is 2.95. The predicted octanol–water partition coefficient (Wildman–Crippen LogP) is 2.82. The molecule has 1 aliphatic heterocycles. The highest BCUT2D eigenvalue weighted by Crippen LogP contribution is 2.18. The molecule has 1 amide bonds. The van der Waals surface area contributed by atoms with Crippen molar-refractivity contribution < 1.29 is 17.9 Å². The molecule has 2 atom stereocenters. The van der Waals surface area contributed by atoms with Gasteiger partial charge in [-0.05, 0) is 61.7 Å². The molecule has 0 unspecified atom stereocenters. The van der Waals surface area contributed by atoms with Gasteiger partial charge in [-0.1, -0.05) is 12.1 Å². The summed E-state index contributed by atoms with van der Waals surface area (Å²) in [7, 11) is -3.65. The quantitative estimate of drug-likeness (QED) is 0.545. The van der Waals surface area contributed by atoms with E-state index in [2.05, 4.69) is 15.0 Å². The zero-order valence-electron chi connectivity index (χ0n) is 17.8. The first kappa shape index (κ1) is 22.2. The molecule has 0 spiro atoms. The first-order valence-corrected chi connectivity index (χ1v) is 12.0. The lowest BCUT2D eigenvalue weighted by molar-refractivity contribution is 0.0939. The van der Waals surface area contributed by atoms with Gasteiger partial charge in [0.15, 0.2) is 0 Å². The molecule has 168 valence electrons. The summed E-state index contributed by atoms with van der Waals surface area (Å²) >= 11 is 0. The minimum atomic E-state index is -3.65. The lowest BCUT2D eigenvalue weighted by Crippen LogP contribution is -2.32. The van der Waals surface area contributed by atoms with E-state index in [-0.39, 0.29) is 29.5 Å². The number of carbonyl (C=O) groups excluding carboxylic acids is 1. The van der Waals surface area contributed by atoms with E-state index in [0.29, 0.717) is 12.2 Å². The second kappa shape index (κ2) is 9.64. The Bertz CT molecular complexity index is 1140. The lowest BCUT2D eigenvalue weighted by Gasteiger charge is -2.15. The van der Waals surface area contributed by atoms with Gasteiger partial charge in [0.1, 0.15) is 0 Å². The molecule has 1 saturated heterocycles. The molecule has 0 aliphatic carbocycles. The number of rotatable bonds is 8. The third-order valence-electron chi connectivity index (χ3n) is 5.50. The molecule has 8 nitrogen and oxygen atoms in total. The van der Waals surface area contributed by atoms with Crippen molar-refractivity contribution in [2.24, 2.45) is 0 Å². The van der Waals surface area contributed by atoms with E-state index in [1.165, 1.54) is 24.3 Å². The number of hydrogen-bond acceptors (Lipinski definition) is 5. The van der Waals surface area contributed by atoms with Gasteiger partial charge in [0, 0.05) is 36.8 Å². The summed E-state index contributed by atoms with van der Waals surface area (Å²) in [6.45, 7) is 2.82. The maximum Gasteiger partial charge on any atom is 0.251 e. The second-order valence-corrected chi connectivity index (χ2v) is 9.53. The SMILES string of the molecule is C[C@H](NC(=O)c1ccc(S(=O)(=O)NC[C@@H]2CCCO2)cc1)c1ccc(-n2ccnc2)cc1. The minimum Gasteiger partial charge on any atom is -0.377 e. The van der Waals surface area contributed by atoms with Crippen LogP contribution in [-0.2, 0) is 14.8 Å². The second-order valence-electron chi connectivity index (χ2n) is 7.77. The van der Waals surface area contributed by atoms with Gasteiger partial charge in [-0.2, -0.15) is 0 Å². The molecule has 2 heterocycles. The van der Waals surface area contributed by atoms with Gasteiger partial charge in [0.25, 0.3) is 5.91 Å². The molecule has 4 rings (SSSR count). The number of hydrogen-bond donors (Lipinski definition) is 2. The first-order valence-electron chi connectivity index (χ1n) is 10.5. The Morgan fingerprint density at radius 1 is 1.19 bits per heavy atom. The van der Waals surface area contributed by atoms with Crippen LogP contribution < -0.4 is 10.0 Å². The van der Waals surface area contributed by atoms with E-state index in [1.54, 1.807) is 12.5 Å². The first-order chi connectivity index (χ1) is 15.4. The smallest absolute Gasteiger partial charge is 0.251 e. The molecule has 3 aromatic rings. The van der Waals surface area contributed by atoms with Gasteiger partial charge in [0.05, 0.1) is 23.4 Å². The third-order valence-corrected chi connectivity index (χ3v) is 6.93. The predicted molar refractivity (Wildman–Crippen MR) is 120 cm³/mol. The van der Waals surface area contributed by atoms with Gasteiger partial charge < -0.3 is 14.6 Å². The van der Waals surface area contributed by atoms with Crippen molar-refractivity contribution in [1.82, 2.24) is 19.6 Å². The highest BCUT2D eigenvalue weighted by molar-refractivity contribution is 7.89. The van der Waals surface area contributed by atoms with Crippen LogP contribution in [-0.4, -0.2) is 43.1 Å². The fourth-order valence-electron chi connectivity index (χ4n) is 3.59. The zero-order valence-corrected chi connectivity index (χ0v) is 18.6. The monoisotopic (exact) mass is 454 g/mol. The molecule has 9 heteroatoms. The van der Waals surface area contributed by atoms with Crippen LogP contribution in [0, 0.1) is 0 Å². The molecular weight excluding hydrogens is 428 g/mol. The topological polar surface area (TPSA) is 102 Å². The minimum absolute atomic E-state index is 0.0784. The number of amides is 1. The van der Waals surface area contributed by atoms with Crippen molar-refractivity contribution in [3.8, 4) is 5.69 Å². The van der Waals surface area contributed by atoms with E-state index in [1.807, 2.05) is 42.0 Å². The Hall–Kier alpha value is -3.01. The van der Waals surface area contributed by atoms with E-state index in [4.69, 9.17) is 4.74 Å². The largest absolute Gasteiger partial charge is 0.377 e. The summed E-state index contributed by atoms with van der Waals surface area (Å²) in [4.78, 5) is 16.8. The van der Waals surface area contributed by atoms with E-state index in [0.717, 1.165) is 24.1 Å². The Kier molecular flexibility index (Phi) is 6.69. The van der Waals surface area contributed by atoms with E-state index in [9.17, 15) is 13.2 Å². The number of benzene rings is 2. The Labute approximate surface area is 187 Å². The molecule has 0 radical (unpaired) electrons. The molecule has 1 fully saturated rings. The van der Waals surface area contributed by atoms with Crippen LogP contribution in [0.5, 0.6) is 0 Å². The summed E-state index contributed by atoms with van der Waals surface area (Å²) in [5.41, 5.74) is 2.33. The van der Waals surface area contributed by atoms with Crippen molar-refractivity contribution in [2.75, 3.05) is 13.2 Å². The number of sulfonamides is 1. The summed E-state index contributed by atoms with van der Waals surface area (Å²) < 4.78 is 34.9. The van der Waals surface area contributed by atoms with Gasteiger partial charge in [-0.15, -0.1) is 0 Å². The van der Waals surface area contributed by atoms with Gasteiger partial charge in [-0.25, -0.2) is 18.1 Å². The van der Waals surface area contributed by atoms with E-state index < -0.39 is 10.0 Å². The lowest BCUT2D eigenvalue weighted by atomic mass is 10.1. The molecule has 2 aromatic carbocycles. The zero-order chi connectivity index (χ0) is 22.6. The molecule has 2 N–H and O–H groups in total. The van der Waals surface area contributed by atoms with Gasteiger partial charge in [-0.3, -0.25) is 4.79 Å². The Balaban J connectivity index is 1.35. The molecule has 1 aliphatic rings. The summed E-state index contributed by atoms with van der Waals surface area (Å²) in [5.74, 6) is -0.271. The van der Waals surface area contributed by atoms with Crippen LogP contribution in [0.4, 0.5) is 0 Å². The highest BCUT2D eigenvalue weighted by Gasteiger charge is 2.21. The fourth-order valence-corrected chi connectivity index (χ4v) is 4.65. The Morgan fingerprint density at radius 3 is 2.56 bits per heavy atom. The molecule has 32 heavy (non-hydrogen) atoms. The number of imidazole rings is 1. The van der Waals surface area contributed by atoms with Crippen LogP contribution in [0.1, 0.15) is 41.7 Å². The Morgan fingerprint density at radius 2 is 1.94 bits per heavy atom. The van der Waals surface area contributed by atoms with Crippen molar-refractivity contribution in [3.63, 3.8) is 0 Å². The molecule has 0 bridgehead atoms. The van der Waals surface area contributed by atoms with Crippen molar-refractivity contribution in [3.05, 3.63) is 78.4 Å². The van der Waals surface area contributed by atoms with E-state index >= 15 is 0 Å². The van der Waals surface area contributed by atoms with Crippen LogP contribution in [0.15, 0.2) is 72.1 Å². The number of aromatic nitrogens is 2. The van der Waals surface area contributed by atoms with Gasteiger partial charge >= 0.3 is 0 Å². The standard InChI is InChI=1S/C23H26N4O4S/c1-17(18-4-8-20(9-5-18)27-13-12-24-16-27)26-23(28)19-6-10-22(11-7-19)32(29,30)25-15-21-3-2-14-31-21/h4-13,16-17,21,25H,2-3,14-15H2,1H3,(H,26,28)/t17-,21-/m0/s1. The summed E-state index contributed by atoms with van der Waals surface area (Å²) in [6, 6.07) is 13.5. The number of nitrogens with one attached hydrogen (secondary N) is 2. The van der Waals surface area contributed by atoms with Crippen LogP contribution in [0.2, 0.25) is 0 Å². The number of carbonyl (C=O) groups is 1. The highest BCUT2D eigenvalue weighted by atomic mass is 32.2. The summed E-state index contributed by atoms with van der Waals surface area (Å²) in [6.07, 6.45) is 7.03. The van der Waals surface area contributed by atoms with Crippen LogP contribution in [0.3, 0.4) is 0 Å².